The summed E-state index contributed by atoms with van der Waals surface area (Å²) in [6.07, 6.45) is 1.41. The van der Waals surface area contributed by atoms with E-state index in [0.717, 1.165) is 0 Å². The van der Waals surface area contributed by atoms with Crippen LogP contribution in [0, 0.1) is 0 Å². The molecular weight excluding hydrogens is 176 g/mol. The minimum atomic E-state index is -0.655. The van der Waals surface area contributed by atoms with E-state index in [-0.39, 0.29) is 16.9 Å². The molecule has 0 bridgehead atoms. The van der Waals surface area contributed by atoms with Gasteiger partial charge in [0.2, 0.25) is 0 Å². The van der Waals surface area contributed by atoms with Crippen LogP contribution >= 0.6 is 0 Å². The van der Waals surface area contributed by atoms with Crippen LogP contribution in [-0.4, -0.2) is 22.4 Å². The van der Waals surface area contributed by atoms with E-state index in [4.69, 9.17) is 5.73 Å². The zero-order valence-electron chi connectivity index (χ0n) is 9.90. The molecule has 3 N–H and O–H groups in total. The Labute approximate surface area is 86.4 Å². The number of nitrogens with two attached hydrogens (primary N) is 1. The summed E-state index contributed by atoms with van der Waals surface area (Å²) in [5.74, 6) is 0.0974. The first-order valence-electron chi connectivity index (χ1n) is 5.16. The van der Waals surface area contributed by atoms with Gasteiger partial charge in [0, 0.05) is 11.1 Å². The van der Waals surface area contributed by atoms with Crippen LogP contribution in [0.1, 0.15) is 47.5 Å². The lowest BCUT2D eigenvalue weighted by Crippen LogP contribution is -2.68. The smallest absolute Gasteiger partial charge is 0.149 e. The minimum absolute atomic E-state index is 0.0673. The van der Waals surface area contributed by atoms with Gasteiger partial charge in [0.15, 0.2) is 0 Å². The molecule has 82 valence electrons. The lowest BCUT2D eigenvalue weighted by atomic mass is 9.70. The van der Waals surface area contributed by atoms with Gasteiger partial charge in [0.05, 0.1) is 5.54 Å². The predicted molar refractivity (Wildman–Crippen MR) is 58.1 cm³/mol. The molecule has 0 amide bonds. The molecule has 3 heteroatoms. The zero-order valence-corrected chi connectivity index (χ0v) is 9.90. The lowest BCUT2D eigenvalue weighted by Gasteiger charge is -2.50. The van der Waals surface area contributed by atoms with Crippen LogP contribution in [0.2, 0.25) is 0 Å². The van der Waals surface area contributed by atoms with Crippen molar-refractivity contribution in [3.8, 4) is 0 Å². The van der Waals surface area contributed by atoms with Crippen molar-refractivity contribution in [3.05, 3.63) is 0 Å². The standard InChI is InChI=1S/C11H22N2O/c1-8(14)11(12)6-9(2,3)13-10(4,5)7-11/h13H,6-7,12H2,1-5H3. The molecule has 0 spiro atoms. The fourth-order valence-electron chi connectivity index (χ4n) is 2.89. The number of carbonyl (C=O) groups excluding carboxylic acids is 1. The number of piperidine rings is 1. The second kappa shape index (κ2) is 3.04. The predicted octanol–water partition coefficient (Wildman–Crippen LogP) is 1.21. The van der Waals surface area contributed by atoms with E-state index in [1.807, 2.05) is 0 Å². The molecule has 0 aliphatic carbocycles. The number of nitrogens with one attached hydrogen (secondary N) is 1. The number of carbonyl (C=O) groups is 1. The molecule has 14 heavy (non-hydrogen) atoms. The summed E-state index contributed by atoms with van der Waals surface area (Å²) in [6.45, 7) is 9.98. The molecule has 0 unspecified atom stereocenters. The minimum Gasteiger partial charge on any atom is -0.319 e. The maximum absolute atomic E-state index is 11.5. The molecule has 1 saturated heterocycles. The van der Waals surface area contributed by atoms with E-state index < -0.39 is 5.54 Å². The third-order valence-electron chi connectivity index (χ3n) is 2.89. The number of rotatable bonds is 1. The molecule has 3 nitrogen and oxygen atoms in total. The zero-order chi connectivity index (χ0) is 11.2. The van der Waals surface area contributed by atoms with Gasteiger partial charge in [-0.25, -0.2) is 0 Å². The molecular formula is C11H22N2O. The van der Waals surface area contributed by atoms with Gasteiger partial charge < -0.3 is 11.1 Å². The molecule has 0 radical (unpaired) electrons. The Morgan fingerprint density at radius 1 is 1.14 bits per heavy atom. The van der Waals surface area contributed by atoms with Crippen LogP contribution in [0.5, 0.6) is 0 Å². The van der Waals surface area contributed by atoms with E-state index in [0.29, 0.717) is 12.8 Å². The summed E-state index contributed by atoms with van der Waals surface area (Å²) < 4.78 is 0. The van der Waals surface area contributed by atoms with Gasteiger partial charge in [0.1, 0.15) is 5.78 Å². The summed E-state index contributed by atoms with van der Waals surface area (Å²) in [4.78, 5) is 11.5. The average molecular weight is 198 g/mol. The normalized spacial score (nSPS) is 28.4. The molecule has 1 heterocycles. The highest BCUT2D eigenvalue weighted by atomic mass is 16.1. The van der Waals surface area contributed by atoms with Gasteiger partial charge in [-0.05, 0) is 47.5 Å². The molecule has 1 fully saturated rings. The van der Waals surface area contributed by atoms with E-state index in [1.165, 1.54) is 0 Å². The summed E-state index contributed by atoms with van der Waals surface area (Å²) in [6, 6.07) is 0. The van der Waals surface area contributed by atoms with Crippen LogP contribution < -0.4 is 11.1 Å². The number of Topliss-reactive ketones (excluding diaryl/α,β-unsaturated/α-hetero) is 1. The Morgan fingerprint density at radius 3 is 1.79 bits per heavy atom. The van der Waals surface area contributed by atoms with Crippen LogP contribution in [0.3, 0.4) is 0 Å². The fourth-order valence-corrected chi connectivity index (χ4v) is 2.89. The van der Waals surface area contributed by atoms with Crippen molar-refractivity contribution in [1.29, 1.82) is 0 Å². The first-order valence-corrected chi connectivity index (χ1v) is 5.16. The first-order chi connectivity index (χ1) is 6.06. The van der Waals surface area contributed by atoms with E-state index in [2.05, 4.69) is 33.0 Å². The maximum Gasteiger partial charge on any atom is 0.149 e. The molecule has 1 rings (SSSR count). The highest BCUT2D eigenvalue weighted by molar-refractivity contribution is 5.86. The monoisotopic (exact) mass is 198 g/mol. The Hall–Kier alpha value is -0.410. The molecule has 1 aliphatic heterocycles. The summed E-state index contributed by atoms with van der Waals surface area (Å²) in [5, 5.41) is 3.51. The van der Waals surface area contributed by atoms with E-state index in [9.17, 15) is 4.79 Å². The number of ketones is 1. The highest BCUT2D eigenvalue weighted by Gasteiger charge is 2.47. The van der Waals surface area contributed by atoms with Crippen molar-refractivity contribution in [3.63, 3.8) is 0 Å². The van der Waals surface area contributed by atoms with Crippen molar-refractivity contribution < 1.29 is 4.79 Å². The summed E-state index contributed by atoms with van der Waals surface area (Å²) in [5.41, 5.74) is 5.37. The van der Waals surface area contributed by atoms with Gasteiger partial charge >= 0.3 is 0 Å². The molecule has 0 aromatic heterocycles. The largest absolute Gasteiger partial charge is 0.319 e. The molecule has 0 saturated carbocycles. The third-order valence-corrected chi connectivity index (χ3v) is 2.89. The summed E-state index contributed by atoms with van der Waals surface area (Å²) in [7, 11) is 0. The highest BCUT2D eigenvalue weighted by Crippen LogP contribution is 2.34. The van der Waals surface area contributed by atoms with Crippen molar-refractivity contribution in [2.45, 2.75) is 64.1 Å². The Bertz CT molecular complexity index is 240. The van der Waals surface area contributed by atoms with Crippen molar-refractivity contribution in [2.75, 3.05) is 0 Å². The number of hydrogen-bond acceptors (Lipinski definition) is 3. The second-order valence-corrected chi connectivity index (χ2v) is 5.96. The fraction of sp³-hybridized carbons (Fsp3) is 0.909. The summed E-state index contributed by atoms with van der Waals surface area (Å²) >= 11 is 0. The van der Waals surface area contributed by atoms with Crippen LogP contribution in [0.15, 0.2) is 0 Å². The molecule has 1 aliphatic rings. The van der Waals surface area contributed by atoms with Crippen molar-refractivity contribution in [1.82, 2.24) is 5.32 Å². The van der Waals surface area contributed by atoms with Crippen molar-refractivity contribution in [2.24, 2.45) is 5.73 Å². The van der Waals surface area contributed by atoms with Crippen molar-refractivity contribution >= 4 is 5.78 Å². The quantitative estimate of drug-likeness (QED) is 0.666. The van der Waals surface area contributed by atoms with Gasteiger partial charge in [-0.2, -0.15) is 0 Å². The molecule has 0 aromatic carbocycles. The third kappa shape index (κ3) is 2.34. The van der Waals surface area contributed by atoms with E-state index in [1.54, 1.807) is 6.92 Å². The Morgan fingerprint density at radius 2 is 1.50 bits per heavy atom. The van der Waals surface area contributed by atoms with Gasteiger partial charge in [0.25, 0.3) is 0 Å². The molecule has 0 aromatic rings. The van der Waals surface area contributed by atoms with Gasteiger partial charge in [-0.1, -0.05) is 0 Å². The Balaban J connectivity index is 2.97. The number of hydrogen-bond donors (Lipinski definition) is 2. The SMILES string of the molecule is CC(=O)C1(N)CC(C)(C)NC(C)(C)C1. The van der Waals surface area contributed by atoms with Crippen LogP contribution in [0.25, 0.3) is 0 Å². The topological polar surface area (TPSA) is 55.1 Å². The molecule has 0 atom stereocenters. The first kappa shape index (κ1) is 11.7. The average Bonchev–Trinajstić information content (AvgIpc) is 1.76. The second-order valence-electron chi connectivity index (χ2n) is 5.96. The van der Waals surface area contributed by atoms with Gasteiger partial charge in [-0.15, -0.1) is 0 Å². The van der Waals surface area contributed by atoms with Gasteiger partial charge in [-0.3, -0.25) is 4.79 Å². The van der Waals surface area contributed by atoms with Crippen LogP contribution in [0.4, 0.5) is 0 Å². The lowest BCUT2D eigenvalue weighted by molar-refractivity contribution is -0.125. The van der Waals surface area contributed by atoms with E-state index >= 15 is 0 Å². The van der Waals surface area contributed by atoms with Crippen LogP contribution in [-0.2, 0) is 4.79 Å². The Kier molecular flexibility index (Phi) is 2.53. The maximum atomic E-state index is 11.5.